The van der Waals surface area contributed by atoms with Gasteiger partial charge in [-0.1, -0.05) is 26.0 Å². The number of aryl methyl sites for hydroxylation is 2. The number of phenolic OH excluding ortho intramolecular Hbond substituents is 3. The standard InChI is InChI=1S/C19H24O3/c1-13(2)3-10-18-15(11-17(21)12-19(18)22)7-4-14-5-8-16(20)9-6-14/h5-6,8-9,11-13,20-22H,3-4,7,10H2,1-2H3. The molecule has 118 valence electrons. The van der Waals surface area contributed by atoms with Crippen molar-refractivity contribution >= 4 is 0 Å². The second-order valence-corrected chi connectivity index (χ2v) is 6.20. The molecular formula is C19H24O3. The highest BCUT2D eigenvalue weighted by Crippen LogP contribution is 2.30. The summed E-state index contributed by atoms with van der Waals surface area (Å²) in [5, 5.41) is 29.2. The van der Waals surface area contributed by atoms with Crippen LogP contribution in [0.1, 0.15) is 37.0 Å². The van der Waals surface area contributed by atoms with Crippen LogP contribution < -0.4 is 0 Å². The molecule has 2 aromatic rings. The van der Waals surface area contributed by atoms with E-state index in [0.29, 0.717) is 5.92 Å². The first-order chi connectivity index (χ1) is 10.5. The Morgan fingerprint density at radius 3 is 2.14 bits per heavy atom. The smallest absolute Gasteiger partial charge is 0.122 e. The molecule has 0 heterocycles. The summed E-state index contributed by atoms with van der Waals surface area (Å²) >= 11 is 0. The lowest BCUT2D eigenvalue weighted by molar-refractivity contribution is 0.441. The predicted molar refractivity (Wildman–Crippen MR) is 88.4 cm³/mol. The molecule has 0 aromatic heterocycles. The van der Waals surface area contributed by atoms with Crippen molar-refractivity contribution in [2.45, 2.75) is 39.5 Å². The summed E-state index contributed by atoms with van der Waals surface area (Å²) in [6.45, 7) is 4.32. The Kier molecular flexibility index (Phi) is 5.31. The first kappa shape index (κ1) is 16.2. The van der Waals surface area contributed by atoms with E-state index in [-0.39, 0.29) is 17.2 Å². The average Bonchev–Trinajstić information content (AvgIpc) is 2.45. The van der Waals surface area contributed by atoms with E-state index in [1.807, 2.05) is 12.1 Å². The molecule has 0 unspecified atom stereocenters. The normalized spacial score (nSPS) is 11.0. The number of rotatable bonds is 6. The van der Waals surface area contributed by atoms with Crippen LogP contribution in [-0.4, -0.2) is 15.3 Å². The van der Waals surface area contributed by atoms with Crippen molar-refractivity contribution in [2.24, 2.45) is 5.92 Å². The minimum atomic E-state index is 0.103. The van der Waals surface area contributed by atoms with Gasteiger partial charge in [-0.2, -0.15) is 0 Å². The minimum absolute atomic E-state index is 0.103. The number of hydrogen-bond acceptors (Lipinski definition) is 3. The molecule has 0 aliphatic rings. The van der Waals surface area contributed by atoms with Gasteiger partial charge in [-0.25, -0.2) is 0 Å². The second kappa shape index (κ2) is 7.21. The lowest BCUT2D eigenvalue weighted by atomic mass is 9.93. The van der Waals surface area contributed by atoms with Crippen molar-refractivity contribution in [3.63, 3.8) is 0 Å². The van der Waals surface area contributed by atoms with Crippen molar-refractivity contribution in [1.29, 1.82) is 0 Å². The zero-order chi connectivity index (χ0) is 16.1. The molecule has 0 bridgehead atoms. The maximum Gasteiger partial charge on any atom is 0.122 e. The largest absolute Gasteiger partial charge is 0.508 e. The van der Waals surface area contributed by atoms with E-state index in [0.717, 1.165) is 42.4 Å². The minimum Gasteiger partial charge on any atom is -0.508 e. The third kappa shape index (κ3) is 4.42. The molecule has 3 N–H and O–H groups in total. The Labute approximate surface area is 131 Å². The van der Waals surface area contributed by atoms with Gasteiger partial charge >= 0.3 is 0 Å². The Balaban J connectivity index is 2.15. The van der Waals surface area contributed by atoms with Gasteiger partial charge in [0, 0.05) is 6.07 Å². The average molecular weight is 300 g/mol. The van der Waals surface area contributed by atoms with E-state index in [2.05, 4.69) is 13.8 Å². The molecule has 3 heteroatoms. The highest BCUT2D eigenvalue weighted by Gasteiger charge is 2.11. The summed E-state index contributed by atoms with van der Waals surface area (Å²) in [5.41, 5.74) is 3.05. The highest BCUT2D eigenvalue weighted by molar-refractivity contribution is 5.46. The molecule has 0 radical (unpaired) electrons. The summed E-state index contributed by atoms with van der Waals surface area (Å²) in [4.78, 5) is 0. The van der Waals surface area contributed by atoms with E-state index in [4.69, 9.17) is 0 Å². The maximum atomic E-state index is 10.1. The van der Waals surface area contributed by atoms with Crippen LogP contribution in [0.3, 0.4) is 0 Å². The van der Waals surface area contributed by atoms with Crippen LogP contribution in [0.5, 0.6) is 17.2 Å². The van der Waals surface area contributed by atoms with E-state index in [9.17, 15) is 15.3 Å². The SMILES string of the molecule is CC(C)CCc1c(O)cc(O)cc1CCc1ccc(O)cc1. The topological polar surface area (TPSA) is 60.7 Å². The zero-order valence-electron chi connectivity index (χ0n) is 13.2. The lowest BCUT2D eigenvalue weighted by Gasteiger charge is -2.14. The van der Waals surface area contributed by atoms with Gasteiger partial charge in [0.15, 0.2) is 0 Å². The molecule has 3 nitrogen and oxygen atoms in total. The van der Waals surface area contributed by atoms with E-state index >= 15 is 0 Å². The zero-order valence-corrected chi connectivity index (χ0v) is 13.2. The maximum absolute atomic E-state index is 10.1. The fraction of sp³-hybridized carbons (Fsp3) is 0.368. The Morgan fingerprint density at radius 2 is 1.50 bits per heavy atom. The molecule has 0 aliphatic carbocycles. The monoisotopic (exact) mass is 300 g/mol. The molecule has 0 spiro atoms. The molecule has 0 fully saturated rings. The quantitative estimate of drug-likeness (QED) is 0.750. The Hall–Kier alpha value is -2.16. The lowest BCUT2D eigenvalue weighted by Crippen LogP contribution is -2.00. The van der Waals surface area contributed by atoms with Gasteiger partial charge in [-0.15, -0.1) is 0 Å². The summed E-state index contributed by atoms with van der Waals surface area (Å²) in [5.74, 6) is 1.11. The van der Waals surface area contributed by atoms with Crippen molar-refractivity contribution < 1.29 is 15.3 Å². The van der Waals surface area contributed by atoms with Crippen LogP contribution in [0, 0.1) is 5.92 Å². The summed E-state index contributed by atoms with van der Waals surface area (Å²) in [6.07, 6.45) is 3.37. The predicted octanol–water partition coefficient (Wildman–Crippen LogP) is 4.18. The van der Waals surface area contributed by atoms with E-state index in [1.165, 1.54) is 6.07 Å². The Bertz CT molecular complexity index is 615. The first-order valence-electron chi connectivity index (χ1n) is 7.77. The van der Waals surface area contributed by atoms with Gasteiger partial charge in [0.05, 0.1) is 0 Å². The Morgan fingerprint density at radius 1 is 0.818 bits per heavy atom. The molecule has 0 atom stereocenters. The third-order valence-corrected chi connectivity index (χ3v) is 3.89. The molecule has 2 rings (SSSR count). The fourth-order valence-corrected chi connectivity index (χ4v) is 2.59. The second-order valence-electron chi connectivity index (χ2n) is 6.20. The molecule has 2 aromatic carbocycles. The number of benzene rings is 2. The molecule has 0 saturated heterocycles. The fourth-order valence-electron chi connectivity index (χ4n) is 2.59. The van der Waals surface area contributed by atoms with Crippen LogP contribution in [0.2, 0.25) is 0 Å². The van der Waals surface area contributed by atoms with E-state index < -0.39 is 0 Å². The van der Waals surface area contributed by atoms with Crippen molar-refractivity contribution in [3.8, 4) is 17.2 Å². The summed E-state index contributed by atoms with van der Waals surface area (Å²) in [6, 6.07) is 10.3. The third-order valence-electron chi connectivity index (χ3n) is 3.89. The molecule has 0 amide bonds. The van der Waals surface area contributed by atoms with Gasteiger partial charge in [-0.05, 0) is 66.5 Å². The van der Waals surface area contributed by atoms with Crippen LogP contribution in [0.15, 0.2) is 36.4 Å². The van der Waals surface area contributed by atoms with Gasteiger partial charge in [-0.3, -0.25) is 0 Å². The molecular weight excluding hydrogens is 276 g/mol. The van der Waals surface area contributed by atoms with Gasteiger partial charge in [0.25, 0.3) is 0 Å². The van der Waals surface area contributed by atoms with Crippen molar-refractivity contribution in [2.75, 3.05) is 0 Å². The van der Waals surface area contributed by atoms with Gasteiger partial charge in [0.1, 0.15) is 17.2 Å². The van der Waals surface area contributed by atoms with Crippen LogP contribution in [-0.2, 0) is 19.3 Å². The molecule has 22 heavy (non-hydrogen) atoms. The first-order valence-corrected chi connectivity index (χ1v) is 7.77. The van der Waals surface area contributed by atoms with Crippen LogP contribution >= 0.6 is 0 Å². The van der Waals surface area contributed by atoms with Crippen molar-refractivity contribution in [1.82, 2.24) is 0 Å². The molecule has 0 aliphatic heterocycles. The van der Waals surface area contributed by atoms with E-state index in [1.54, 1.807) is 18.2 Å². The van der Waals surface area contributed by atoms with Crippen LogP contribution in [0.25, 0.3) is 0 Å². The number of aromatic hydroxyl groups is 3. The van der Waals surface area contributed by atoms with Gasteiger partial charge in [0.2, 0.25) is 0 Å². The summed E-state index contributed by atoms with van der Waals surface area (Å²) < 4.78 is 0. The number of phenols is 3. The van der Waals surface area contributed by atoms with Crippen LogP contribution in [0.4, 0.5) is 0 Å². The van der Waals surface area contributed by atoms with Crippen molar-refractivity contribution in [3.05, 3.63) is 53.1 Å². The number of hydrogen-bond donors (Lipinski definition) is 3. The summed E-state index contributed by atoms with van der Waals surface area (Å²) in [7, 11) is 0. The van der Waals surface area contributed by atoms with Gasteiger partial charge < -0.3 is 15.3 Å². The molecule has 0 saturated carbocycles. The highest BCUT2D eigenvalue weighted by atomic mass is 16.3.